The summed E-state index contributed by atoms with van der Waals surface area (Å²) in [6.07, 6.45) is -0.264. The lowest BCUT2D eigenvalue weighted by Gasteiger charge is -2.42. The van der Waals surface area contributed by atoms with Crippen molar-refractivity contribution in [3.05, 3.63) is 0 Å². The summed E-state index contributed by atoms with van der Waals surface area (Å²) >= 11 is 0. The third-order valence-electron chi connectivity index (χ3n) is 19.2. The monoisotopic (exact) mass is 1690 g/mol. The number of carbonyl (C=O) groups excluding carboxylic acids is 1. The molecule has 1 saturated heterocycles. The van der Waals surface area contributed by atoms with Gasteiger partial charge in [-0.3, -0.25) is 41.0 Å². The molecule has 11 unspecified atom stereocenters. The van der Waals surface area contributed by atoms with E-state index < -0.39 is 123 Å². The van der Waals surface area contributed by atoms with Crippen LogP contribution in [-0.2, 0) is 107 Å². The van der Waals surface area contributed by atoms with Crippen LogP contribution in [0.5, 0.6) is 0 Å². The van der Waals surface area contributed by atoms with Crippen LogP contribution in [0.3, 0.4) is 0 Å². The molecule has 3 rings (SSSR count). The molecule has 0 aromatic heterocycles. The molecule has 0 aromatic rings. The number of phosphoric ester groups is 4. The molecule has 111 heavy (non-hydrogen) atoms. The van der Waals surface area contributed by atoms with Gasteiger partial charge in [0.1, 0.15) is 24.4 Å². The molecular formula is C70H139NO36P4. The Hall–Kier alpha value is -0.850. The van der Waals surface area contributed by atoms with Crippen LogP contribution in [0.4, 0.5) is 0 Å². The van der Waals surface area contributed by atoms with E-state index in [0.717, 1.165) is 12.8 Å². The SMILES string of the molecule is CCC(COCCCOC(C)C)COCCCOP(=O)(O)OCC(COCCCOP(=O)(O)OCCCCCCO[C@@H]1OC(CO)[C@H](O)[C@H](O)C1NC(C)=O)(COCCCOP(=O)(O)OCCCCCCO[C@@H]1CC(CO)[C@H](O)[C@H](O)C1C)COCCCOP(=O)(O)OCCCCCCO[C@@H]1CC(CO)[C@H](O)[C@H](O)C1C. The molecule has 37 nitrogen and oxygen atoms in total. The van der Waals surface area contributed by atoms with Gasteiger partial charge in [0.15, 0.2) is 6.29 Å². The molecule has 1 aliphatic heterocycles. The van der Waals surface area contributed by atoms with Crippen molar-refractivity contribution in [3.8, 4) is 0 Å². The molecule has 1 amide bonds. The lowest BCUT2D eigenvalue weighted by Crippen LogP contribution is -2.64. The van der Waals surface area contributed by atoms with E-state index in [2.05, 4.69) is 5.32 Å². The highest BCUT2D eigenvalue weighted by molar-refractivity contribution is 7.48. The molecule has 1 heterocycles. The van der Waals surface area contributed by atoms with Gasteiger partial charge in [-0.2, -0.15) is 0 Å². The van der Waals surface area contributed by atoms with E-state index in [0.29, 0.717) is 130 Å². The van der Waals surface area contributed by atoms with Crippen molar-refractivity contribution >= 4 is 37.2 Å². The first-order valence-electron chi connectivity index (χ1n) is 39.5. The second-order valence-corrected chi connectivity index (χ2v) is 35.0. The minimum atomic E-state index is -4.83. The lowest BCUT2D eigenvalue weighted by molar-refractivity contribution is -0.270. The number of amides is 1. The molecule has 3 fully saturated rings. The average molecular weight is 1690 g/mol. The molecule has 20 atom stereocenters. The molecule has 0 radical (unpaired) electrons. The Morgan fingerprint density at radius 3 is 1.12 bits per heavy atom. The quantitative estimate of drug-likeness (QED) is 0.0277. The maximum absolute atomic E-state index is 13.6. The minimum Gasteiger partial charge on any atom is -0.396 e. The van der Waals surface area contributed by atoms with Crippen molar-refractivity contribution in [3.63, 3.8) is 0 Å². The third kappa shape index (κ3) is 45.4. The first kappa shape index (κ1) is 104. The largest absolute Gasteiger partial charge is 0.472 e. The van der Waals surface area contributed by atoms with Crippen LogP contribution >= 0.6 is 31.3 Å². The van der Waals surface area contributed by atoms with E-state index in [9.17, 15) is 88.6 Å². The molecule has 0 aromatic carbocycles. The van der Waals surface area contributed by atoms with Crippen LogP contribution in [0.15, 0.2) is 0 Å². The van der Waals surface area contributed by atoms with Gasteiger partial charge in [-0.15, -0.1) is 0 Å². The number of rotatable bonds is 70. The smallest absolute Gasteiger partial charge is 0.396 e. The van der Waals surface area contributed by atoms with Gasteiger partial charge in [0.2, 0.25) is 5.91 Å². The maximum Gasteiger partial charge on any atom is 0.472 e. The van der Waals surface area contributed by atoms with Crippen LogP contribution in [0, 0.1) is 35.0 Å². The van der Waals surface area contributed by atoms with Crippen molar-refractivity contribution in [2.24, 2.45) is 35.0 Å². The number of unbranched alkanes of at least 4 members (excludes halogenated alkanes) is 9. The first-order chi connectivity index (χ1) is 52.8. The van der Waals surface area contributed by atoms with E-state index in [1.165, 1.54) is 6.92 Å². The Balaban J connectivity index is 1.61. The summed E-state index contributed by atoms with van der Waals surface area (Å²) in [4.78, 5) is 54.2. The van der Waals surface area contributed by atoms with Gasteiger partial charge in [0.25, 0.3) is 0 Å². The Morgan fingerprint density at radius 1 is 0.423 bits per heavy atom. The lowest BCUT2D eigenvalue weighted by atomic mass is 9.77. The van der Waals surface area contributed by atoms with E-state index in [1.54, 1.807) is 13.8 Å². The molecule has 2 saturated carbocycles. The van der Waals surface area contributed by atoms with Crippen LogP contribution in [0.2, 0.25) is 0 Å². The van der Waals surface area contributed by atoms with Crippen LogP contribution in [-0.4, -0.2) is 310 Å². The predicted molar refractivity (Wildman–Crippen MR) is 400 cm³/mol. The van der Waals surface area contributed by atoms with Crippen molar-refractivity contribution < 1.29 is 172 Å². The minimum absolute atomic E-state index is 0.0302. The Bertz CT molecular complexity index is 2480. The van der Waals surface area contributed by atoms with E-state index in [4.69, 9.17) is 83.6 Å². The number of hydrogen-bond donors (Lipinski definition) is 14. The van der Waals surface area contributed by atoms with Crippen molar-refractivity contribution in [2.45, 2.75) is 243 Å². The zero-order valence-electron chi connectivity index (χ0n) is 66.1. The molecule has 0 bridgehead atoms. The van der Waals surface area contributed by atoms with Gasteiger partial charge in [0, 0.05) is 109 Å². The van der Waals surface area contributed by atoms with Gasteiger partial charge in [-0.1, -0.05) is 59.3 Å². The van der Waals surface area contributed by atoms with Crippen LogP contribution < -0.4 is 5.32 Å². The Kier molecular flexibility index (Phi) is 55.4. The second kappa shape index (κ2) is 59.0. The highest BCUT2D eigenvalue weighted by Crippen LogP contribution is 2.47. The Morgan fingerprint density at radius 2 is 0.766 bits per heavy atom. The molecule has 660 valence electrons. The maximum atomic E-state index is 13.6. The van der Waals surface area contributed by atoms with Crippen molar-refractivity contribution in [1.29, 1.82) is 0 Å². The normalized spacial score (nSPS) is 27.6. The number of nitrogens with one attached hydrogen (secondary N) is 1. The van der Waals surface area contributed by atoms with Crippen LogP contribution in [0.25, 0.3) is 0 Å². The molecule has 3 aliphatic rings. The van der Waals surface area contributed by atoms with E-state index >= 15 is 0 Å². The number of hydrogen-bond acceptors (Lipinski definition) is 32. The molecule has 0 spiro atoms. The summed E-state index contributed by atoms with van der Waals surface area (Å²) in [5.74, 6) is -1.98. The third-order valence-corrected chi connectivity index (χ3v) is 23.2. The van der Waals surface area contributed by atoms with Crippen LogP contribution in [0.1, 0.15) is 170 Å². The zero-order valence-corrected chi connectivity index (χ0v) is 69.7. The van der Waals surface area contributed by atoms with E-state index in [-0.39, 0.29) is 174 Å². The topological polar surface area (TPSA) is 527 Å². The summed E-state index contributed by atoms with van der Waals surface area (Å²) in [5.41, 5.74) is -1.45. The number of aliphatic hydroxyl groups is 9. The fourth-order valence-corrected chi connectivity index (χ4v) is 15.6. The molecule has 14 N–H and O–H groups in total. The number of phosphoric acid groups is 4. The average Bonchev–Trinajstić information content (AvgIpc) is 0.819. The standard InChI is InChI=1S/C70H139NO36P4/c1-7-56(46-90-25-20-33-95-52(2)3)47-91-26-21-37-105-111(88,89)106-51-70(48-92-27-22-38-102-108(82,83)99-34-17-11-8-14-30-96-59-41-57(43-72)65(78)63(76)53(59)4,49-93-28-23-39-103-109(84,85)100-35-18-12-9-15-31-97-60-42-58(44-73)66(79)64(77)54(60)5)50-94-29-24-40-104-110(86,87)101-36-19-13-10-16-32-98-69-62(71-55(6)75)68(81)67(80)61(45-74)107-69/h52-54,56-69,72-74,76-81H,7-51H2,1-6H3,(H,71,75)(H,82,83)(H,84,85)(H,86,87)(H,88,89)/t53?,54?,56?,57?,58?,59-,60-,61?,62?,63-,64-,65+,66+,67+,68-,69-,70?/m1/s1. The van der Waals surface area contributed by atoms with Gasteiger partial charge < -0.3 is 118 Å². The van der Waals surface area contributed by atoms with Crippen molar-refractivity contribution in [1.82, 2.24) is 5.32 Å². The fraction of sp³-hybridized carbons (Fsp3) is 0.986. The van der Waals surface area contributed by atoms with E-state index in [1.807, 2.05) is 20.8 Å². The summed E-state index contributed by atoms with van der Waals surface area (Å²) < 4.78 is 153. The fourth-order valence-electron chi connectivity index (χ4n) is 12.3. The summed E-state index contributed by atoms with van der Waals surface area (Å²) in [6, 6.07) is -1.09. The zero-order chi connectivity index (χ0) is 82.1. The highest BCUT2D eigenvalue weighted by atomic mass is 31.2. The number of ether oxygens (including phenoxy) is 10. The van der Waals surface area contributed by atoms with Crippen molar-refractivity contribution in [2.75, 3.05) is 165 Å². The molecule has 2 aliphatic carbocycles. The summed E-state index contributed by atoms with van der Waals surface area (Å²) in [7, 11) is -18.4. The summed E-state index contributed by atoms with van der Waals surface area (Å²) in [6.45, 7) is 9.41. The van der Waals surface area contributed by atoms with Gasteiger partial charge in [-0.05, 0) is 104 Å². The molecular weight excluding hydrogens is 1550 g/mol. The second-order valence-electron chi connectivity index (χ2n) is 29.2. The first-order valence-corrected chi connectivity index (χ1v) is 45.5. The van der Waals surface area contributed by atoms with Gasteiger partial charge in [0.05, 0.1) is 141 Å². The summed E-state index contributed by atoms with van der Waals surface area (Å²) in [5, 5.41) is 93.3. The Labute approximate surface area is 655 Å². The highest BCUT2D eigenvalue weighted by Gasteiger charge is 2.46. The van der Waals surface area contributed by atoms with Gasteiger partial charge >= 0.3 is 31.3 Å². The number of aliphatic hydroxyl groups excluding tert-OH is 9. The van der Waals surface area contributed by atoms with Gasteiger partial charge in [-0.25, -0.2) is 18.3 Å². The molecule has 41 heteroatoms. The number of carbonyl (C=O) groups is 1. The predicted octanol–water partition coefficient (Wildman–Crippen LogP) is 5.14.